The summed E-state index contributed by atoms with van der Waals surface area (Å²) in [5.74, 6) is 0.173. The lowest BCUT2D eigenvalue weighted by molar-refractivity contribution is 0.0766. The SMILES string of the molecule is O=C(c1cc(Cn2cc(Cl)cn2)cs1)N1CCCCCC1. The molecule has 1 fully saturated rings. The number of amides is 1. The number of carbonyl (C=O) groups excluding carboxylic acids is 1. The number of hydrogen-bond acceptors (Lipinski definition) is 3. The molecular weight excluding hydrogens is 306 g/mol. The highest BCUT2D eigenvalue weighted by molar-refractivity contribution is 7.12. The lowest BCUT2D eigenvalue weighted by Crippen LogP contribution is -2.31. The molecule has 2 aromatic rings. The summed E-state index contributed by atoms with van der Waals surface area (Å²) in [7, 11) is 0. The third-order valence-corrected chi connectivity index (χ3v) is 4.87. The van der Waals surface area contributed by atoms with E-state index in [2.05, 4.69) is 5.10 Å². The van der Waals surface area contributed by atoms with Crippen molar-refractivity contribution >= 4 is 28.8 Å². The number of rotatable bonds is 3. The van der Waals surface area contributed by atoms with Crippen molar-refractivity contribution in [2.45, 2.75) is 32.2 Å². The first-order valence-corrected chi connectivity index (χ1v) is 8.53. The predicted molar refractivity (Wildman–Crippen MR) is 85.0 cm³/mol. The summed E-state index contributed by atoms with van der Waals surface area (Å²) in [6, 6.07) is 1.98. The molecule has 0 saturated carbocycles. The Balaban J connectivity index is 1.67. The lowest BCUT2D eigenvalue weighted by Gasteiger charge is -2.19. The minimum atomic E-state index is 0.173. The maximum absolute atomic E-state index is 12.5. The van der Waals surface area contributed by atoms with Gasteiger partial charge in [0.2, 0.25) is 0 Å². The Morgan fingerprint density at radius 3 is 2.71 bits per heavy atom. The molecular formula is C15H18ClN3OS. The summed E-state index contributed by atoms with van der Waals surface area (Å²) >= 11 is 7.38. The lowest BCUT2D eigenvalue weighted by atomic mass is 10.2. The van der Waals surface area contributed by atoms with Gasteiger partial charge < -0.3 is 4.90 Å². The van der Waals surface area contributed by atoms with Gasteiger partial charge >= 0.3 is 0 Å². The van der Waals surface area contributed by atoms with Crippen LogP contribution in [0.3, 0.4) is 0 Å². The Hall–Kier alpha value is -1.33. The van der Waals surface area contributed by atoms with Gasteiger partial charge in [-0.15, -0.1) is 11.3 Å². The van der Waals surface area contributed by atoms with Gasteiger partial charge in [0.25, 0.3) is 5.91 Å². The second kappa shape index (κ2) is 6.62. The molecule has 0 unspecified atom stereocenters. The molecule has 3 heterocycles. The predicted octanol–water partition coefficient (Wildman–Crippen LogP) is 3.66. The molecule has 1 aliphatic heterocycles. The first-order valence-electron chi connectivity index (χ1n) is 7.27. The normalized spacial score (nSPS) is 16.0. The molecule has 21 heavy (non-hydrogen) atoms. The molecule has 3 rings (SSSR count). The van der Waals surface area contributed by atoms with Crippen LogP contribution in [0.5, 0.6) is 0 Å². The zero-order chi connectivity index (χ0) is 14.7. The summed E-state index contributed by atoms with van der Waals surface area (Å²) in [5, 5.41) is 6.82. The molecule has 0 aromatic carbocycles. The van der Waals surface area contributed by atoms with E-state index in [0.717, 1.165) is 36.4 Å². The van der Waals surface area contributed by atoms with E-state index in [1.165, 1.54) is 24.2 Å². The highest BCUT2D eigenvalue weighted by Crippen LogP contribution is 2.20. The fourth-order valence-electron chi connectivity index (χ4n) is 2.61. The molecule has 2 aromatic heterocycles. The van der Waals surface area contributed by atoms with Gasteiger partial charge in [0.05, 0.1) is 22.6 Å². The van der Waals surface area contributed by atoms with Crippen LogP contribution < -0.4 is 0 Å². The Morgan fingerprint density at radius 2 is 2.05 bits per heavy atom. The van der Waals surface area contributed by atoms with Crippen molar-refractivity contribution in [3.8, 4) is 0 Å². The van der Waals surface area contributed by atoms with Crippen LogP contribution in [0, 0.1) is 0 Å². The monoisotopic (exact) mass is 323 g/mol. The topological polar surface area (TPSA) is 38.1 Å². The van der Waals surface area contributed by atoms with Crippen molar-refractivity contribution in [1.29, 1.82) is 0 Å². The van der Waals surface area contributed by atoms with E-state index in [0.29, 0.717) is 11.6 Å². The van der Waals surface area contributed by atoms with Crippen molar-refractivity contribution in [3.63, 3.8) is 0 Å². The molecule has 0 atom stereocenters. The smallest absolute Gasteiger partial charge is 0.263 e. The largest absolute Gasteiger partial charge is 0.338 e. The molecule has 0 spiro atoms. The maximum atomic E-state index is 12.5. The maximum Gasteiger partial charge on any atom is 0.263 e. The van der Waals surface area contributed by atoms with Gasteiger partial charge in [-0.25, -0.2) is 0 Å². The number of aromatic nitrogens is 2. The van der Waals surface area contributed by atoms with Gasteiger partial charge in [0.1, 0.15) is 0 Å². The highest BCUT2D eigenvalue weighted by Gasteiger charge is 2.18. The van der Waals surface area contributed by atoms with Crippen molar-refractivity contribution in [1.82, 2.24) is 14.7 Å². The fraction of sp³-hybridized carbons (Fsp3) is 0.467. The third-order valence-electron chi connectivity index (χ3n) is 3.70. The Labute approximate surface area is 133 Å². The third kappa shape index (κ3) is 3.66. The van der Waals surface area contributed by atoms with E-state index >= 15 is 0 Å². The van der Waals surface area contributed by atoms with Crippen molar-refractivity contribution in [3.05, 3.63) is 39.3 Å². The van der Waals surface area contributed by atoms with E-state index in [4.69, 9.17) is 11.6 Å². The summed E-state index contributed by atoms with van der Waals surface area (Å²) in [6.07, 6.45) is 8.12. The van der Waals surface area contributed by atoms with Crippen LogP contribution in [-0.4, -0.2) is 33.7 Å². The van der Waals surface area contributed by atoms with Crippen LogP contribution in [0.4, 0.5) is 0 Å². The molecule has 0 bridgehead atoms. The number of nitrogens with zero attached hydrogens (tertiary/aromatic N) is 3. The Morgan fingerprint density at radius 1 is 1.29 bits per heavy atom. The number of likely N-dealkylation sites (tertiary alicyclic amines) is 1. The first kappa shape index (κ1) is 14.6. The van der Waals surface area contributed by atoms with Crippen LogP contribution in [0.2, 0.25) is 5.02 Å². The quantitative estimate of drug-likeness (QED) is 0.864. The molecule has 1 aliphatic rings. The average molecular weight is 324 g/mol. The summed E-state index contributed by atoms with van der Waals surface area (Å²) in [6.45, 7) is 2.43. The zero-order valence-electron chi connectivity index (χ0n) is 11.8. The highest BCUT2D eigenvalue weighted by atomic mass is 35.5. The van der Waals surface area contributed by atoms with Gasteiger partial charge in [-0.1, -0.05) is 24.4 Å². The van der Waals surface area contributed by atoms with Gasteiger partial charge in [0.15, 0.2) is 0 Å². The fourth-order valence-corrected chi connectivity index (χ4v) is 3.64. The molecule has 0 aliphatic carbocycles. The van der Waals surface area contributed by atoms with Gasteiger partial charge in [0, 0.05) is 19.3 Å². The molecule has 0 N–H and O–H groups in total. The Bertz CT molecular complexity index is 614. The Kier molecular flexibility index (Phi) is 4.60. The molecule has 0 radical (unpaired) electrons. The molecule has 1 saturated heterocycles. The minimum absolute atomic E-state index is 0.173. The van der Waals surface area contributed by atoms with E-state index < -0.39 is 0 Å². The van der Waals surface area contributed by atoms with Crippen molar-refractivity contribution in [2.75, 3.05) is 13.1 Å². The van der Waals surface area contributed by atoms with E-state index in [1.54, 1.807) is 17.1 Å². The minimum Gasteiger partial charge on any atom is -0.338 e. The van der Waals surface area contributed by atoms with Crippen LogP contribution in [-0.2, 0) is 6.54 Å². The van der Waals surface area contributed by atoms with E-state index in [9.17, 15) is 4.79 Å². The van der Waals surface area contributed by atoms with Gasteiger partial charge in [-0.2, -0.15) is 5.10 Å². The zero-order valence-corrected chi connectivity index (χ0v) is 13.4. The van der Waals surface area contributed by atoms with Gasteiger partial charge in [-0.3, -0.25) is 9.48 Å². The number of carbonyl (C=O) groups is 1. The van der Waals surface area contributed by atoms with E-state index in [1.807, 2.05) is 16.3 Å². The van der Waals surface area contributed by atoms with E-state index in [-0.39, 0.29) is 5.91 Å². The summed E-state index contributed by atoms with van der Waals surface area (Å²) in [5.41, 5.74) is 1.10. The van der Waals surface area contributed by atoms with Crippen molar-refractivity contribution in [2.24, 2.45) is 0 Å². The van der Waals surface area contributed by atoms with Crippen LogP contribution in [0.1, 0.15) is 40.9 Å². The van der Waals surface area contributed by atoms with Gasteiger partial charge in [-0.05, 0) is 29.9 Å². The molecule has 4 nitrogen and oxygen atoms in total. The molecule has 1 amide bonds. The number of hydrogen-bond donors (Lipinski definition) is 0. The second-order valence-electron chi connectivity index (χ2n) is 5.38. The van der Waals surface area contributed by atoms with Crippen molar-refractivity contribution < 1.29 is 4.79 Å². The van der Waals surface area contributed by atoms with Crippen LogP contribution in [0.15, 0.2) is 23.8 Å². The number of thiophene rings is 1. The first-order chi connectivity index (χ1) is 10.2. The summed E-state index contributed by atoms with van der Waals surface area (Å²) in [4.78, 5) is 15.3. The molecule has 112 valence electrons. The van der Waals surface area contributed by atoms with Crippen LogP contribution in [0.25, 0.3) is 0 Å². The number of halogens is 1. The molecule has 6 heteroatoms. The average Bonchev–Trinajstić information content (AvgIpc) is 3.00. The summed E-state index contributed by atoms with van der Waals surface area (Å²) < 4.78 is 1.78. The standard InChI is InChI=1S/C15H18ClN3OS/c16-13-8-17-19(10-13)9-12-7-14(21-11-12)15(20)18-5-3-1-2-4-6-18/h7-8,10-11H,1-6,9H2. The second-order valence-corrected chi connectivity index (χ2v) is 6.73. The van der Waals surface area contributed by atoms with Crippen LogP contribution >= 0.6 is 22.9 Å².